The van der Waals surface area contributed by atoms with Gasteiger partial charge in [-0.05, 0) is 30.0 Å². The van der Waals surface area contributed by atoms with Gasteiger partial charge in [0.05, 0.1) is 11.2 Å². The fraction of sp³-hybridized carbons (Fsp3) is 0.438. The van der Waals surface area contributed by atoms with Crippen molar-refractivity contribution >= 4 is 11.3 Å². The normalized spacial score (nSPS) is 22.1. The van der Waals surface area contributed by atoms with Gasteiger partial charge in [0.1, 0.15) is 10.8 Å². The molecule has 0 amide bonds. The molecule has 1 heterocycles. The third-order valence-electron chi connectivity index (χ3n) is 4.02. The Morgan fingerprint density at radius 2 is 2.10 bits per heavy atom. The molecule has 0 spiro atoms. The summed E-state index contributed by atoms with van der Waals surface area (Å²) in [7, 11) is 0. The van der Waals surface area contributed by atoms with Gasteiger partial charge in [0.15, 0.2) is 0 Å². The summed E-state index contributed by atoms with van der Waals surface area (Å²) in [4.78, 5) is 4.73. The Bertz CT molecular complexity index is 657. The van der Waals surface area contributed by atoms with E-state index >= 15 is 0 Å². The third-order valence-corrected chi connectivity index (χ3v) is 5.04. The molecule has 1 aromatic carbocycles. The molecule has 0 fully saturated rings. The second-order valence-corrected chi connectivity index (χ2v) is 7.38. The number of aromatic nitrogens is 1. The van der Waals surface area contributed by atoms with E-state index in [0.717, 1.165) is 28.2 Å². The average Bonchev–Trinajstić information content (AvgIpc) is 2.96. The molecule has 106 valence electrons. The zero-order valence-electron chi connectivity index (χ0n) is 12.0. The van der Waals surface area contributed by atoms with Crippen LogP contribution in [0.4, 0.5) is 4.39 Å². The van der Waals surface area contributed by atoms with Crippen LogP contribution in [0, 0.1) is 5.82 Å². The fourth-order valence-corrected chi connectivity index (χ4v) is 3.94. The van der Waals surface area contributed by atoms with Gasteiger partial charge in [-0.3, -0.25) is 0 Å². The van der Waals surface area contributed by atoms with Crippen LogP contribution in [0.15, 0.2) is 23.6 Å². The first-order valence-corrected chi connectivity index (χ1v) is 7.73. The van der Waals surface area contributed by atoms with Gasteiger partial charge in [-0.2, -0.15) is 0 Å². The van der Waals surface area contributed by atoms with Crippen LogP contribution in [-0.2, 0) is 17.4 Å². The lowest BCUT2D eigenvalue weighted by atomic mass is 9.91. The molecule has 2 N–H and O–H groups in total. The summed E-state index contributed by atoms with van der Waals surface area (Å²) >= 11 is 1.58. The van der Waals surface area contributed by atoms with E-state index in [0.29, 0.717) is 6.42 Å². The first-order chi connectivity index (χ1) is 9.32. The molecule has 0 radical (unpaired) electrons. The molecule has 1 aromatic heterocycles. The van der Waals surface area contributed by atoms with E-state index in [1.165, 1.54) is 6.07 Å². The highest BCUT2D eigenvalue weighted by atomic mass is 32.1. The summed E-state index contributed by atoms with van der Waals surface area (Å²) < 4.78 is 13.9. The molecular weight excluding hydrogens is 271 g/mol. The van der Waals surface area contributed by atoms with Crippen LogP contribution in [0.1, 0.15) is 49.0 Å². The van der Waals surface area contributed by atoms with Crippen LogP contribution >= 0.6 is 11.3 Å². The fourth-order valence-electron chi connectivity index (χ4n) is 2.73. The molecule has 0 aliphatic heterocycles. The molecule has 0 saturated carbocycles. The van der Waals surface area contributed by atoms with E-state index in [9.17, 15) is 4.39 Å². The maximum atomic E-state index is 13.9. The highest BCUT2D eigenvalue weighted by molar-refractivity contribution is 7.09. The molecule has 0 bridgehead atoms. The molecule has 3 rings (SSSR count). The number of fused-ring (bicyclic) bond motifs is 1. The SMILES string of the molecule is CC(C)(C)c1csc(C2(N)CCc3c(F)cccc32)n1. The number of thiazole rings is 1. The van der Waals surface area contributed by atoms with Gasteiger partial charge in [-0.25, -0.2) is 9.37 Å². The number of hydrogen-bond acceptors (Lipinski definition) is 3. The number of hydrogen-bond donors (Lipinski definition) is 1. The molecule has 2 aromatic rings. The maximum absolute atomic E-state index is 13.9. The van der Waals surface area contributed by atoms with Crippen molar-refractivity contribution in [2.75, 3.05) is 0 Å². The van der Waals surface area contributed by atoms with Gasteiger partial charge >= 0.3 is 0 Å². The van der Waals surface area contributed by atoms with Crippen LogP contribution in [0.5, 0.6) is 0 Å². The van der Waals surface area contributed by atoms with Crippen LogP contribution in [0.2, 0.25) is 0 Å². The van der Waals surface area contributed by atoms with Crippen LogP contribution in [0.3, 0.4) is 0 Å². The molecule has 2 nitrogen and oxygen atoms in total. The van der Waals surface area contributed by atoms with Gasteiger partial charge in [-0.15, -0.1) is 11.3 Å². The van der Waals surface area contributed by atoms with E-state index in [4.69, 9.17) is 10.7 Å². The van der Waals surface area contributed by atoms with Crippen molar-refractivity contribution in [1.82, 2.24) is 4.98 Å². The van der Waals surface area contributed by atoms with Crippen molar-refractivity contribution in [3.8, 4) is 0 Å². The number of rotatable bonds is 1. The Balaban J connectivity index is 2.08. The quantitative estimate of drug-likeness (QED) is 0.869. The summed E-state index contributed by atoms with van der Waals surface area (Å²) in [6.07, 6.45) is 1.41. The van der Waals surface area contributed by atoms with E-state index in [2.05, 4.69) is 26.2 Å². The smallest absolute Gasteiger partial charge is 0.126 e. The predicted molar refractivity (Wildman–Crippen MR) is 80.5 cm³/mol. The Morgan fingerprint density at radius 3 is 2.75 bits per heavy atom. The van der Waals surface area contributed by atoms with Crippen molar-refractivity contribution < 1.29 is 4.39 Å². The number of halogens is 1. The number of nitrogens with two attached hydrogens (primary N) is 1. The topological polar surface area (TPSA) is 38.9 Å². The summed E-state index contributed by atoms with van der Waals surface area (Å²) in [6, 6.07) is 5.18. The summed E-state index contributed by atoms with van der Waals surface area (Å²) in [5.74, 6) is -0.151. The lowest BCUT2D eigenvalue weighted by Gasteiger charge is -2.23. The monoisotopic (exact) mass is 290 g/mol. The van der Waals surface area contributed by atoms with E-state index in [-0.39, 0.29) is 11.2 Å². The molecule has 1 aliphatic carbocycles. The standard InChI is InChI=1S/C16H19FN2S/c1-15(2,3)13-9-20-14(19-13)16(18)8-7-10-11(16)5-4-6-12(10)17/h4-6,9H,7-8,18H2,1-3H3. The first-order valence-electron chi connectivity index (χ1n) is 6.85. The zero-order valence-corrected chi connectivity index (χ0v) is 12.9. The van der Waals surface area contributed by atoms with E-state index in [1.807, 2.05) is 6.07 Å². The highest BCUT2D eigenvalue weighted by Crippen LogP contribution is 2.42. The van der Waals surface area contributed by atoms with Crippen LogP contribution < -0.4 is 5.73 Å². The first kappa shape index (κ1) is 13.7. The van der Waals surface area contributed by atoms with Gasteiger partial charge < -0.3 is 5.73 Å². The zero-order chi connectivity index (χ0) is 14.5. The van der Waals surface area contributed by atoms with Crippen molar-refractivity contribution in [2.45, 2.75) is 44.6 Å². The lowest BCUT2D eigenvalue weighted by Crippen LogP contribution is -2.35. The van der Waals surface area contributed by atoms with Crippen LogP contribution in [0.25, 0.3) is 0 Å². The number of nitrogens with zero attached hydrogens (tertiary/aromatic N) is 1. The molecular formula is C16H19FN2S. The lowest BCUT2D eigenvalue weighted by molar-refractivity contribution is 0.517. The summed E-state index contributed by atoms with van der Waals surface area (Å²) in [5, 5.41) is 2.97. The molecule has 1 atom stereocenters. The van der Waals surface area contributed by atoms with Gasteiger partial charge in [0, 0.05) is 10.8 Å². The van der Waals surface area contributed by atoms with Crippen molar-refractivity contribution in [1.29, 1.82) is 0 Å². The molecule has 0 saturated heterocycles. The third kappa shape index (κ3) is 1.98. The predicted octanol–water partition coefficient (Wildman–Crippen LogP) is 3.73. The Hall–Kier alpha value is -1.26. The molecule has 20 heavy (non-hydrogen) atoms. The van der Waals surface area contributed by atoms with Gasteiger partial charge in [-0.1, -0.05) is 32.9 Å². The van der Waals surface area contributed by atoms with Crippen molar-refractivity contribution in [3.63, 3.8) is 0 Å². The molecule has 1 aliphatic rings. The van der Waals surface area contributed by atoms with Gasteiger partial charge in [0.25, 0.3) is 0 Å². The maximum Gasteiger partial charge on any atom is 0.126 e. The largest absolute Gasteiger partial charge is 0.316 e. The average molecular weight is 290 g/mol. The van der Waals surface area contributed by atoms with Crippen molar-refractivity contribution in [2.24, 2.45) is 5.73 Å². The second-order valence-electron chi connectivity index (χ2n) is 6.53. The van der Waals surface area contributed by atoms with Crippen LogP contribution in [-0.4, -0.2) is 4.98 Å². The molecule has 4 heteroatoms. The summed E-state index contributed by atoms with van der Waals surface area (Å²) in [5.41, 5.74) is 8.67. The van der Waals surface area contributed by atoms with E-state index < -0.39 is 5.54 Å². The van der Waals surface area contributed by atoms with Crippen molar-refractivity contribution in [3.05, 3.63) is 51.2 Å². The minimum Gasteiger partial charge on any atom is -0.316 e. The van der Waals surface area contributed by atoms with E-state index in [1.54, 1.807) is 17.4 Å². The Kier molecular flexibility index (Phi) is 2.99. The Morgan fingerprint density at radius 1 is 1.35 bits per heavy atom. The minimum atomic E-state index is -0.633. The van der Waals surface area contributed by atoms with Gasteiger partial charge in [0.2, 0.25) is 0 Å². The Labute approximate surface area is 122 Å². The minimum absolute atomic E-state index is 0.00841. The summed E-state index contributed by atoms with van der Waals surface area (Å²) in [6.45, 7) is 6.41. The molecule has 1 unspecified atom stereocenters. The number of benzene rings is 1. The second kappa shape index (κ2) is 4.37. The highest BCUT2D eigenvalue weighted by Gasteiger charge is 2.40.